The van der Waals surface area contributed by atoms with Crippen molar-refractivity contribution in [3.63, 3.8) is 0 Å². The number of hydrogen-bond acceptors (Lipinski definition) is 6. The molecular formula is C18H12FN5O2S. The molecule has 1 N–H and O–H groups in total. The van der Waals surface area contributed by atoms with Crippen molar-refractivity contribution in [2.45, 2.75) is 6.92 Å². The van der Waals surface area contributed by atoms with E-state index in [2.05, 4.69) is 20.4 Å². The second-order valence-electron chi connectivity index (χ2n) is 5.70. The van der Waals surface area contributed by atoms with Gasteiger partial charge in [0, 0.05) is 18.0 Å². The largest absolute Gasteiger partial charge is 0.281 e. The molecule has 3 heterocycles. The maximum atomic E-state index is 14.5. The van der Waals surface area contributed by atoms with Crippen LogP contribution in [0, 0.1) is 12.7 Å². The zero-order valence-corrected chi connectivity index (χ0v) is 14.8. The molecule has 0 unspecified atom stereocenters. The molecule has 4 rings (SSSR count). The number of nitrogens with zero attached hydrogens (tertiary/aromatic N) is 4. The number of thiophene rings is 1. The second-order valence-corrected chi connectivity index (χ2v) is 6.60. The van der Waals surface area contributed by atoms with E-state index in [1.165, 1.54) is 29.8 Å². The maximum Gasteiger partial charge on any atom is 0.281 e. The van der Waals surface area contributed by atoms with Gasteiger partial charge in [-0.25, -0.2) is 24.0 Å². The van der Waals surface area contributed by atoms with Gasteiger partial charge in [-0.3, -0.25) is 15.0 Å². The number of amides is 1. The van der Waals surface area contributed by atoms with Gasteiger partial charge in [0.05, 0.1) is 10.9 Å². The number of aryl methyl sites for hydroxylation is 1. The van der Waals surface area contributed by atoms with E-state index in [-0.39, 0.29) is 5.56 Å². The SMILES string of the molecule is Cc1nc2sccc2c(=O)n1NC(=O)c1ccc(-c2cncnc2)cc1F. The van der Waals surface area contributed by atoms with E-state index in [0.29, 0.717) is 27.2 Å². The van der Waals surface area contributed by atoms with Gasteiger partial charge in [-0.15, -0.1) is 11.3 Å². The summed E-state index contributed by atoms with van der Waals surface area (Å²) in [5.74, 6) is -1.16. The Bertz CT molecular complexity index is 1220. The molecule has 134 valence electrons. The Morgan fingerprint density at radius 3 is 2.70 bits per heavy atom. The van der Waals surface area contributed by atoms with E-state index in [1.807, 2.05) is 0 Å². The molecule has 0 saturated carbocycles. The molecule has 27 heavy (non-hydrogen) atoms. The smallest absolute Gasteiger partial charge is 0.267 e. The third kappa shape index (κ3) is 3.08. The van der Waals surface area contributed by atoms with Crippen molar-refractivity contribution in [1.29, 1.82) is 0 Å². The Hall–Kier alpha value is -3.46. The van der Waals surface area contributed by atoms with Crippen LogP contribution < -0.4 is 11.0 Å². The Balaban J connectivity index is 1.67. The molecule has 0 aliphatic heterocycles. The first kappa shape index (κ1) is 17.0. The lowest BCUT2D eigenvalue weighted by Crippen LogP contribution is -2.35. The molecule has 0 fully saturated rings. The number of nitrogens with one attached hydrogen (secondary N) is 1. The predicted molar refractivity (Wildman–Crippen MR) is 99.7 cm³/mol. The molecule has 1 aromatic carbocycles. The van der Waals surface area contributed by atoms with E-state index < -0.39 is 17.3 Å². The summed E-state index contributed by atoms with van der Waals surface area (Å²) < 4.78 is 15.5. The van der Waals surface area contributed by atoms with Crippen LogP contribution >= 0.6 is 11.3 Å². The molecule has 0 saturated heterocycles. The van der Waals surface area contributed by atoms with Crippen molar-refractivity contribution in [3.05, 3.63) is 75.9 Å². The summed E-state index contributed by atoms with van der Waals surface area (Å²) in [6.07, 6.45) is 4.47. The van der Waals surface area contributed by atoms with Crippen LogP contribution in [0.25, 0.3) is 21.3 Å². The van der Waals surface area contributed by atoms with E-state index in [4.69, 9.17) is 0 Å². The minimum Gasteiger partial charge on any atom is -0.267 e. The van der Waals surface area contributed by atoms with Crippen LogP contribution in [0.3, 0.4) is 0 Å². The standard InChI is InChI=1S/C18H12FN5O2S/c1-10-22-17-14(4-5-27-17)18(26)24(10)23-16(25)13-3-2-11(6-15(13)19)12-7-20-9-21-8-12/h2-9H,1H3,(H,23,25). The highest BCUT2D eigenvalue weighted by Crippen LogP contribution is 2.21. The highest BCUT2D eigenvalue weighted by molar-refractivity contribution is 7.16. The number of carbonyl (C=O) groups excluding carboxylic acids is 1. The van der Waals surface area contributed by atoms with Crippen LogP contribution in [0.1, 0.15) is 16.2 Å². The molecule has 0 spiro atoms. The minimum atomic E-state index is -0.745. The van der Waals surface area contributed by atoms with Crippen molar-refractivity contribution in [2.75, 3.05) is 5.43 Å². The summed E-state index contributed by atoms with van der Waals surface area (Å²) in [4.78, 5) is 37.6. The number of halogens is 1. The van der Waals surface area contributed by atoms with Gasteiger partial charge in [-0.05, 0) is 36.1 Å². The molecule has 4 aromatic rings. The van der Waals surface area contributed by atoms with Crippen LogP contribution in [-0.2, 0) is 0 Å². The summed E-state index contributed by atoms with van der Waals surface area (Å²) in [6, 6.07) is 5.80. The third-order valence-electron chi connectivity index (χ3n) is 3.99. The lowest BCUT2D eigenvalue weighted by molar-refractivity contribution is 0.100. The quantitative estimate of drug-likeness (QED) is 0.589. The fraction of sp³-hybridized carbons (Fsp3) is 0.0556. The number of aromatic nitrogens is 4. The molecule has 0 bridgehead atoms. The van der Waals surface area contributed by atoms with Gasteiger partial charge in [0.15, 0.2) is 0 Å². The van der Waals surface area contributed by atoms with Crippen molar-refractivity contribution in [1.82, 2.24) is 19.6 Å². The Labute approximate surface area is 156 Å². The van der Waals surface area contributed by atoms with Gasteiger partial charge >= 0.3 is 0 Å². The van der Waals surface area contributed by atoms with Gasteiger partial charge in [-0.2, -0.15) is 0 Å². The summed E-state index contributed by atoms with van der Waals surface area (Å²) in [5, 5.41) is 2.14. The molecule has 3 aromatic heterocycles. The van der Waals surface area contributed by atoms with E-state index in [0.717, 1.165) is 4.68 Å². The normalized spacial score (nSPS) is 10.9. The van der Waals surface area contributed by atoms with Gasteiger partial charge in [-0.1, -0.05) is 6.07 Å². The molecule has 0 radical (unpaired) electrons. The monoisotopic (exact) mass is 381 g/mol. The lowest BCUT2D eigenvalue weighted by Gasteiger charge is -2.12. The fourth-order valence-corrected chi connectivity index (χ4v) is 3.44. The number of rotatable bonds is 3. The van der Waals surface area contributed by atoms with Crippen LogP contribution in [0.15, 0.2) is 53.2 Å². The zero-order valence-electron chi connectivity index (χ0n) is 14.0. The van der Waals surface area contributed by atoms with E-state index in [9.17, 15) is 14.0 Å². The average Bonchev–Trinajstić information content (AvgIpc) is 3.14. The number of benzene rings is 1. The fourth-order valence-electron chi connectivity index (χ4n) is 2.64. The summed E-state index contributed by atoms with van der Waals surface area (Å²) in [7, 11) is 0. The van der Waals surface area contributed by atoms with Gasteiger partial charge < -0.3 is 0 Å². The van der Waals surface area contributed by atoms with Crippen LogP contribution in [0.2, 0.25) is 0 Å². The van der Waals surface area contributed by atoms with Crippen molar-refractivity contribution >= 4 is 27.5 Å². The second kappa shape index (κ2) is 6.69. The zero-order chi connectivity index (χ0) is 19.0. The Morgan fingerprint density at radius 1 is 1.19 bits per heavy atom. The summed E-state index contributed by atoms with van der Waals surface area (Å²) >= 11 is 1.33. The molecule has 0 aliphatic rings. The van der Waals surface area contributed by atoms with Gasteiger partial charge in [0.2, 0.25) is 0 Å². The molecular weight excluding hydrogens is 369 g/mol. The van der Waals surface area contributed by atoms with Crippen LogP contribution in [0.5, 0.6) is 0 Å². The number of hydrogen-bond donors (Lipinski definition) is 1. The van der Waals surface area contributed by atoms with E-state index >= 15 is 0 Å². The maximum absolute atomic E-state index is 14.5. The number of fused-ring (bicyclic) bond motifs is 1. The minimum absolute atomic E-state index is 0.188. The Morgan fingerprint density at radius 2 is 1.96 bits per heavy atom. The summed E-state index contributed by atoms with van der Waals surface area (Å²) in [6.45, 7) is 1.59. The third-order valence-corrected chi connectivity index (χ3v) is 4.79. The molecule has 1 amide bonds. The Kier molecular flexibility index (Phi) is 4.21. The molecule has 0 aliphatic carbocycles. The highest BCUT2D eigenvalue weighted by Gasteiger charge is 2.16. The first-order chi connectivity index (χ1) is 13.0. The highest BCUT2D eigenvalue weighted by atomic mass is 32.1. The van der Waals surface area contributed by atoms with Gasteiger partial charge in [0.1, 0.15) is 22.8 Å². The van der Waals surface area contributed by atoms with Crippen molar-refractivity contribution in [3.8, 4) is 11.1 Å². The topological polar surface area (TPSA) is 89.8 Å². The number of carbonyl (C=O) groups is 1. The van der Waals surface area contributed by atoms with Crippen molar-refractivity contribution in [2.24, 2.45) is 0 Å². The van der Waals surface area contributed by atoms with Gasteiger partial charge in [0.25, 0.3) is 11.5 Å². The van der Waals surface area contributed by atoms with Crippen molar-refractivity contribution < 1.29 is 9.18 Å². The average molecular weight is 381 g/mol. The first-order valence-electron chi connectivity index (χ1n) is 7.88. The summed E-state index contributed by atoms with van der Waals surface area (Å²) in [5.41, 5.74) is 2.99. The first-order valence-corrected chi connectivity index (χ1v) is 8.75. The van der Waals surface area contributed by atoms with E-state index in [1.54, 1.807) is 36.8 Å². The predicted octanol–water partition coefficient (Wildman–Crippen LogP) is 2.75. The molecule has 9 heteroatoms. The van der Waals surface area contributed by atoms with Crippen LogP contribution in [0.4, 0.5) is 4.39 Å². The molecule has 0 atom stereocenters. The molecule has 7 nitrogen and oxygen atoms in total. The van der Waals surface area contributed by atoms with Crippen LogP contribution in [-0.4, -0.2) is 25.5 Å². The lowest BCUT2D eigenvalue weighted by atomic mass is 10.1.